The number of aromatic nitrogens is 1. The van der Waals surface area contributed by atoms with Crippen molar-refractivity contribution in [3.8, 4) is 11.3 Å². The normalized spacial score (nSPS) is 10.4. The van der Waals surface area contributed by atoms with Crippen molar-refractivity contribution in [2.45, 2.75) is 5.88 Å². The van der Waals surface area contributed by atoms with Crippen LogP contribution in [-0.2, 0) is 5.88 Å². The van der Waals surface area contributed by atoms with E-state index in [0.717, 1.165) is 11.3 Å². The Morgan fingerprint density at radius 1 is 1.36 bits per heavy atom. The van der Waals surface area contributed by atoms with Gasteiger partial charge in [-0.3, -0.25) is 0 Å². The molecule has 0 aliphatic carbocycles. The van der Waals surface area contributed by atoms with E-state index in [-0.39, 0.29) is 0 Å². The molecule has 0 N–H and O–H groups in total. The molecule has 0 aliphatic rings. The topological polar surface area (TPSA) is 26.0 Å². The fourth-order valence-electron chi connectivity index (χ4n) is 1.16. The molecule has 2 aromatic rings. The first kappa shape index (κ1) is 9.98. The van der Waals surface area contributed by atoms with Gasteiger partial charge in [0.15, 0.2) is 5.76 Å². The van der Waals surface area contributed by atoms with Crippen molar-refractivity contribution in [2.24, 2.45) is 0 Å². The van der Waals surface area contributed by atoms with Crippen molar-refractivity contribution in [1.82, 2.24) is 5.16 Å². The van der Waals surface area contributed by atoms with Gasteiger partial charge in [-0.2, -0.15) is 0 Å². The summed E-state index contributed by atoms with van der Waals surface area (Å²) in [6.07, 6.45) is 0. The van der Waals surface area contributed by atoms with Crippen LogP contribution in [-0.4, -0.2) is 5.16 Å². The van der Waals surface area contributed by atoms with Gasteiger partial charge in [-0.1, -0.05) is 17.3 Å². The van der Waals surface area contributed by atoms with E-state index >= 15 is 0 Å². The van der Waals surface area contributed by atoms with Crippen molar-refractivity contribution in [3.05, 3.63) is 39.7 Å². The first-order valence-electron chi connectivity index (χ1n) is 4.07. The average Bonchev–Trinajstić information content (AvgIpc) is 2.66. The van der Waals surface area contributed by atoms with Crippen LogP contribution in [0.1, 0.15) is 5.76 Å². The molecule has 0 saturated carbocycles. The molecular weight excluding hydrogens is 312 g/mol. The van der Waals surface area contributed by atoms with Gasteiger partial charge in [0.05, 0.1) is 5.88 Å². The smallest absolute Gasteiger partial charge is 0.152 e. The van der Waals surface area contributed by atoms with E-state index in [2.05, 4.69) is 33.8 Å². The van der Waals surface area contributed by atoms with Gasteiger partial charge in [0.2, 0.25) is 0 Å². The third-order valence-electron chi connectivity index (χ3n) is 1.81. The lowest BCUT2D eigenvalue weighted by atomic mass is 10.1. The Morgan fingerprint density at radius 3 is 2.86 bits per heavy atom. The number of alkyl halides is 1. The van der Waals surface area contributed by atoms with Crippen molar-refractivity contribution in [1.29, 1.82) is 0 Å². The lowest BCUT2D eigenvalue weighted by Crippen LogP contribution is -1.77. The zero-order valence-corrected chi connectivity index (χ0v) is 10.1. The summed E-state index contributed by atoms with van der Waals surface area (Å²) in [6, 6.07) is 9.94. The molecule has 0 fully saturated rings. The van der Waals surface area contributed by atoms with Gasteiger partial charge in [-0.25, -0.2) is 0 Å². The summed E-state index contributed by atoms with van der Waals surface area (Å²) in [5.41, 5.74) is 1.89. The molecular formula is C10H7ClINO. The van der Waals surface area contributed by atoms with E-state index in [1.165, 1.54) is 3.57 Å². The van der Waals surface area contributed by atoms with Crippen molar-refractivity contribution < 1.29 is 4.52 Å². The van der Waals surface area contributed by atoms with Gasteiger partial charge in [0.25, 0.3) is 0 Å². The van der Waals surface area contributed by atoms with Crippen LogP contribution < -0.4 is 0 Å². The highest BCUT2D eigenvalue weighted by Crippen LogP contribution is 2.21. The summed E-state index contributed by atoms with van der Waals surface area (Å²) in [7, 11) is 0. The van der Waals surface area contributed by atoms with E-state index in [9.17, 15) is 0 Å². The van der Waals surface area contributed by atoms with Crippen LogP contribution in [0.15, 0.2) is 34.9 Å². The van der Waals surface area contributed by atoms with Crippen LogP contribution in [0.3, 0.4) is 0 Å². The zero-order chi connectivity index (χ0) is 9.97. The molecule has 1 aromatic heterocycles. The van der Waals surface area contributed by atoms with E-state index < -0.39 is 0 Å². The number of rotatable bonds is 2. The molecule has 2 rings (SSSR count). The highest BCUT2D eigenvalue weighted by molar-refractivity contribution is 14.1. The van der Waals surface area contributed by atoms with E-state index in [1.54, 1.807) is 0 Å². The summed E-state index contributed by atoms with van der Waals surface area (Å²) in [4.78, 5) is 0. The van der Waals surface area contributed by atoms with Gasteiger partial charge in [-0.15, -0.1) is 11.6 Å². The highest BCUT2D eigenvalue weighted by atomic mass is 127. The average molecular weight is 320 g/mol. The SMILES string of the molecule is ClCc1cc(-c2cccc(I)c2)no1. The molecule has 1 aromatic carbocycles. The predicted molar refractivity (Wildman–Crippen MR) is 64.2 cm³/mol. The molecule has 1 heterocycles. The summed E-state index contributed by atoms with van der Waals surface area (Å²) >= 11 is 7.89. The van der Waals surface area contributed by atoms with Gasteiger partial charge in [0, 0.05) is 15.2 Å². The Morgan fingerprint density at radius 2 is 2.21 bits per heavy atom. The van der Waals surface area contributed by atoms with Crippen molar-refractivity contribution in [2.75, 3.05) is 0 Å². The fourth-order valence-corrected chi connectivity index (χ4v) is 1.83. The minimum atomic E-state index is 0.358. The van der Waals surface area contributed by atoms with E-state index in [0.29, 0.717) is 11.6 Å². The number of nitrogens with zero attached hydrogens (tertiary/aromatic N) is 1. The Bertz CT molecular complexity index is 441. The van der Waals surface area contributed by atoms with Crippen LogP contribution in [0.5, 0.6) is 0 Å². The minimum absolute atomic E-state index is 0.358. The fraction of sp³-hybridized carbons (Fsp3) is 0.100. The second kappa shape index (κ2) is 4.31. The molecule has 0 spiro atoms. The zero-order valence-electron chi connectivity index (χ0n) is 7.21. The molecule has 14 heavy (non-hydrogen) atoms. The second-order valence-corrected chi connectivity index (χ2v) is 4.34. The molecule has 0 saturated heterocycles. The summed E-state index contributed by atoms with van der Waals surface area (Å²) in [5, 5.41) is 3.94. The predicted octanol–water partition coefficient (Wildman–Crippen LogP) is 3.69. The molecule has 0 amide bonds. The molecule has 2 nitrogen and oxygen atoms in total. The largest absolute Gasteiger partial charge is 0.359 e. The monoisotopic (exact) mass is 319 g/mol. The summed E-state index contributed by atoms with van der Waals surface area (Å²) < 4.78 is 6.20. The van der Waals surface area contributed by atoms with Gasteiger partial charge < -0.3 is 4.52 Å². The van der Waals surface area contributed by atoms with Crippen LogP contribution in [0.2, 0.25) is 0 Å². The second-order valence-electron chi connectivity index (χ2n) is 2.82. The Labute approximate surface area is 100 Å². The van der Waals surface area contributed by atoms with E-state index in [4.69, 9.17) is 16.1 Å². The quantitative estimate of drug-likeness (QED) is 0.623. The third-order valence-corrected chi connectivity index (χ3v) is 2.75. The highest BCUT2D eigenvalue weighted by Gasteiger charge is 2.05. The number of hydrogen-bond acceptors (Lipinski definition) is 2. The number of benzene rings is 1. The number of hydrogen-bond donors (Lipinski definition) is 0. The van der Waals surface area contributed by atoms with Gasteiger partial charge >= 0.3 is 0 Å². The summed E-state index contributed by atoms with van der Waals surface area (Å²) in [5.74, 6) is 1.05. The van der Waals surface area contributed by atoms with Crippen LogP contribution in [0.4, 0.5) is 0 Å². The maximum atomic E-state index is 5.62. The molecule has 0 bridgehead atoms. The Kier molecular flexibility index (Phi) is 3.08. The van der Waals surface area contributed by atoms with E-state index in [1.807, 2.05) is 24.3 Å². The molecule has 0 atom stereocenters. The minimum Gasteiger partial charge on any atom is -0.359 e. The first-order chi connectivity index (χ1) is 6.79. The number of halogens is 2. The van der Waals surface area contributed by atoms with Crippen LogP contribution in [0, 0.1) is 3.57 Å². The molecule has 0 aliphatic heterocycles. The molecule has 4 heteroatoms. The molecule has 72 valence electrons. The third kappa shape index (κ3) is 2.09. The Balaban J connectivity index is 2.39. The van der Waals surface area contributed by atoms with Gasteiger partial charge in [0.1, 0.15) is 5.69 Å². The lowest BCUT2D eigenvalue weighted by molar-refractivity contribution is 0.396. The Hall–Kier alpha value is -0.550. The van der Waals surface area contributed by atoms with Crippen LogP contribution >= 0.6 is 34.2 Å². The van der Waals surface area contributed by atoms with Crippen molar-refractivity contribution >= 4 is 34.2 Å². The molecule has 0 unspecified atom stereocenters. The lowest BCUT2D eigenvalue weighted by Gasteiger charge is -1.94. The maximum absolute atomic E-state index is 5.62. The first-order valence-corrected chi connectivity index (χ1v) is 5.68. The van der Waals surface area contributed by atoms with Gasteiger partial charge in [-0.05, 0) is 34.7 Å². The molecule has 0 radical (unpaired) electrons. The maximum Gasteiger partial charge on any atom is 0.152 e. The van der Waals surface area contributed by atoms with Crippen molar-refractivity contribution in [3.63, 3.8) is 0 Å². The van der Waals surface area contributed by atoms with Crippen LogP contribution in [0.25, 0.3) is 11.3 Å². The summed E-state index contributed by atoms with van der Waals surface area (Å²) in [6.45, 7) is 0. The standard InChI is InChI=1S/C10H7ClINO/c11-6-9-5-10(13-14-9)7-2-1-3-8(12)4-7/h1-5H,6H2.